The monoisotopic (exact) mass is 560 g/mol. The number of unbranched alkanes of at least 4 members (excludes halogenated alkanes) is 2. The average Bonchev–Trinajstić information content (AvgIpc) is 3.72. The molecule has 40 heavy (non-hydrogen) atoms. The van der Waals surface area contributed by atoms with Crippen LogP contribution in [0.3, 0.4) is 0 Å². The number of nitrogens with one attached hydrogen (secondary N) is 2. The van der Waals surface area contributed by atoms with Gasteiger partial charge in [-0.05, 0) is 70.6 Å². The Morgan fingerprint density at radius 2 is 1.88 bits per heavy atom. The van der Waals surface area contributed by atoms with Crippen molar-refractivity contribution >= 4 is 20.6 Å². The minimum Gasteiger partial charge on any atom is -0.494 e. The van der Waals surface area contributed by atoms with E-state index in [4.69, 9.17) is 4.74 Å². The van der Waals surface area contributed by atoms with Crippen molar-refractivity contribution in [2.75, 3.05) is 6.61 Å². The van der Waals surface area contributed by atoms with E-state index in [1.807, 2.05) is 12.1 Å². The molecule has 2 fully saturated rings. The van der Waals surface area contributed by atoms with E-state index in [9.17, 15) is 8.42 Å². The normalized spacial score (nSPS) is 24.1. The second-order valence-corrected chi connectivity index (χ2v) is 13.0. The number of aromatic nitrogens is 4. The summed E-state index contributed by atoms with van der Waals surface area (Å²) >= 11 is 0. The molecule has 10 heteroatoms. The SMILES string of the molecule is CCCCCOc1ccc(S(=O)(=O)[C@@H]2[C@H]3N[C@H](C[C@@H]3Cn3ncnn3)[C@H]2NCc2ccc3ccccc3c2)cc1. The highest BCUT2D eigenvalue weighted by atomic mass is 32.2. The van der Waals surface area contributed by atoms with Gasteiger partial charge in [0.25, 0.3) is 0 Å². The van der Waals surface area contributed by atoms with Crippen LogP contribution in [0.2, 0.25) is 0 Å². The van der Waals surface area contributed by atoms with E-state index < -0.39 is 15.1 Å². The van der Waals surface area contributed by atoms with Gasteiger partial charge in [-0.2, -0.15) is 4.80 Å². The molecule has 6 rings (SSSR count). The predicted octanol–water partition coefficient (Wildman–Crippen LogP) is 3.76. The largest absolute Gasteiger partial charge is 0.494 e. The summed E-state index contributed by atoms with van der Waals surface area (Å²) in [6.07, 6.45) is 5.48. The number of sulfone groups is 1. The molecule has 0 aliphatic carbocycles. The lowest BCUT2D eigenvalue weighted by Crippen LogP contribution is -2.53. The van der Waals surface area contributed by atoms with E-state index in [0.29, 0.717) is 30.3 Å². The number of rotatable bonds is 12. The smallest absolute Gasteiger partial charge is 0.184 e. The number of ether oxygens (including phenoxy) is 1. The fraction of sp³-hybridized carbons (Fsp3) is 0.433. The zero-order chi connectivity index (χ0) is 27.5. The van der Waals surface area contributed by atoms with Crippen LogP contribution in [0.25, 0.3) is 10.8 Å². The molecule has 2 N–H and O–H groups in total. The summed E-state index contributed by atoms with van der Waals surface area (Å²) in [6.45, 7) is 3.91. The van der Waals surface area contributed by atoms with Gasteiger partial charge in [-0.25, -0.2) is 8.42 Å². The van der Waals surface area contributed by atoms with Crippen molar-refractivity contribution in [3.05, 3.63) is 78.6 Å². The first-order valence-corrected chi connectivity index (χ1v) is 15.7. The molecule has 210 valence electrons. The zero-order valence-corrected chi connectivity index (χ0v) is 23.5. The topological polar surface area (TPSA) is 111 Å². The van der Waals surface area contributed by atoms with Crippen LogP contribution in [0.4, 0.5) is 0 Å². The van der Waals surface area contributed by atoms with Gasteiger partial charge in [-0.15, -0.1) is 10.2 Å². The number of hydrogen-bond acceptors (Lipinski definition) is 8. The van der Waals surface area contributed by atoms with Gasteiger partial charge in [-0.3, -0.25) is 0 Å². The molecule has 5 atom stereocenters. The highest BCUT2D eigenvalue weighted by Gasteiger charge is 2.57. The Balaban J connectivity index is 1.23. The highest BCUT2D eigenvalue weighted by Crippen LogP contribution is 2.40. The molecule has 0 amide bonds. The predicted molar refractivity (Wildman–Crippen MR) is 154 cm³/mol. The molecule has 0 radical (unpaired) electrons. The maximum Gasteiger partial charge on any atom is 0.184 e. The van der Waals surface area contributed by atoms with Crippen LogP contribution in [0.5, 0.6) is 5.75 Å². The first-order chi connectivity index (χ1) is 19.5. The third-order valence-corrected chi connectivity index (χ3v) is 10.5. The van der Waals surface area contributed by atoms with Crippen molar-refractivity contribution in [2.24, 2.45) is 5.92 Å². The molecular formula is C30H36N6O3S. The Kier molecular flexibility index (Phi) is 7.82. The van der Waals surface area contributed by atoms with Crippen LogP contribution in [-0.2, 0) is 22.9 Å². The van der Waals surface area contributed by atoms with E-state index in [1.54, 1.807) is 29.1 Å². The number of tetrazole rings is 1. The lowest BCUT2D eigenvalue weighted by atomic mass is 9.85. The van der Waals surface area contributed by atoms with E-state index in [1.165, 1.54) is 17.1 Å². The Morgan fingerprint density at radius 3 is 2.65 bits per heavy atom. The molecule has 0 spiro atoms. The summed E-state index contributed by atoms with van der Waals surface area (Å²) in [5.41, 5.74) is 1.13. The molecule has 2 aliphatic rings. The van der Waals surface area contributed by atoms with Crippen molar-refractivity contribution in [3.8, 4) is 5.75 Å². The van der Waals surface area contributed by atoms with Gasteiger partial charge in [0.15, 0.2) is 16.2 Å². The molecule has 3 aromatic carbocycles. The summed E-state index contributed by atoms with van der Waals surface area (Å²) in [4.78, 5) is 1.88. The zero-order valence-electron chi connectivity index (χ0n) is 22.7. The molecule has 2 aliphatic heterocycles. The number of hydrogen-bond donors (Lipinski definition) is 2. The molecule has 0 saturated carbocycles. The number of fused-ring (bicyclic) bond motifs is 3. The fourth-order valence-corrected chi connectivity index (χ4v) is 8.50. The Hall–Kier alpha value is -3.34. The summed E-state index contributed by atoms with van der Waals surface area (Å²) in [5.74, 6) is 0.779. The summed E-state index contributed by atoms with van der Waals surface area (Å²) in [7, 11) is -3.66. The van der Waals surface area contributed by atoms with Crippen LogP contribution >= 0.6 is 0 Å². The molecular weight excluding hydrogens is 524 g/mol. The van der Waals surface area contributed by atoms with Crippen LogP contribution in [0.1, 0.15) is 38.2 Å². The third kappa shape index (κ3) is 5.48. The molecule has 9 nitrogen and oxygen atoms in total. The minimum atomic E-state index is -3.66. The first kappa shape index (κ1) is 26.9. The van der Waals surface area contributed by atoms with Crippen LogP contribution in [0, 0.1) is 5.92 Å². The Bertz CT molecular complexity index is 1530. The standard InChI is InChI=1S/C30H36N6O3S/c1-2-3-6-15-39-25-11-13-26(14-12-25)40(37,38)30-28-24(19-36-33-20-32-35-36)17-27(34-28)29(30)31-18-21-9-10-22-7-4-5-8-23(22)16-21/h4-5,7-14,16,20,24,27-31,34H,2-3,6,15,17-19H2,1H3/t24-,27-,28+,29-,30-/m1/s1. The van der Waals surface area contributed by atoms with Crippen LogP contribution in [-0.4, -0.2) is 58.6 Å². The summed E-state index contributed by atoms with van der Waals surface area (Å²) < 4.78 is 34.2. The van der Waals surface area contributed by atoms with E-state index in [-0.39, 0.29) is 24.0 Å². The molecule has 2 bridgehead atoms. The summed E-state index contributed by atoms with van der Waals surface area (Å²) in [5, 5.41) is 21.0. The molecule has 0 unspecified atom stereocenters. The minimum absolute atomic E-state index is 0.0277. The van der Waals surface area contributed by atoms with Gasteiger partial charge in [0.2, 0.25) is 0 Å². The van der Waals surface area contributed by atoms with Gasteiger partial charge in [0.05, 0.1) is 23.3 Å². The van der Waals surface area contributed by atoms with E-state index in [2.05, 4.69) is 63.3 Å². The number of nitrogens with zero attached hydrogens (tertiary/aromatic N) is 4. The van der Waals surface area contributed by atoms with Crippen LogP contribution in [0.15, 0.2) is 78.0 Å². The van der Waals surface area contributed by atoms with Gasteiger partial charge in [0, 0.05) is 24.7 Å². The lowest BCUT2D eigenvalue weighted by molar-refractivity contribution is 0.289. The Morgan fingerprint density at radius 1 is 1.05 bits per heavy atom. The van der Waals surface area contributed by atoms with Crippen molar-refractivity contribution in [3.63, 3.8) is 0 Å². The van der Waals surface area contributed by atoms with E-state index in [0.717, 1.165) is 31.2 Å². The van der Waals surface area contributed by atoms with E-state index >= 15 is 0 Å². The maximum absolute atomic E-state index is 14.2. The highest BCUT2D eigenvalue weighted by molar-refractivity contribution is 7.92. The summed E-state index contributed by atoms with van der Waals surface area (Å²) in [6, 6.07) is 21.2. The quantitative estimate of drug-likeness (QED) is 0.252. The number of benzene rings is 3. The van der Waals surface area contributed by atoms with Gasteiger partial charge in [0.1, 0.15) is 5.75 Å². The second-order valence-electron chi connectivity index (χ2n) is 10.9. The van der Waals surface area contributed by atoms with Gasteiger partial charge in [-0.1, -0.05) is 56.2 Å². The third-order valence-electron chi connectivity index (χ3n) is 8.28. The average molecular weight is 561 g/mol. The molecule has 2 saturated heterocycles. The van der Waals surface area contributed by atoms with Crippen molar-refractivity contribution < 1.29 is 13.2 Å². The van der Waals surface area contributed by atoms with Crippen LogP contribution < -0.4 is 15.4 Å². The fourth-order valence-electron chi connectivity index (χ4n) is 6.31. The van der Waals surface area contributed by atoms with Crippen molar-refractivity contribution in [2.45, 2.75) is 74.0 Å². The van der Waals surface area contributed by atoms with Crippen molar-refractivity contribution in [1.82, 2.24) is 30.8 Å². The molecule has 3 heterocycles. The van der Waals surface area contributed by atoms with Gasteiger partial charge < -0.3 is 15.4 Å². The van der Waals surface area contributed by atoms with Crippen molar-refractivity contribution in [1.29, 1.82) is 0 Å². The second kappa shape index (κ2) is 11.6. The molecule has 1 aromatic heterocycles. The Labute approximate surface area is 235 Å². The first-order valence-electron chi connectivity index (χ1n) is 14.2. The van der Waals surface area contributed by atoms with Gasteiger partial charge >= 0.3 is 0 Å². The molecule has 4 aromatic rings. The maximum atomic E-state index is 14.2. The lowest BCUT2D eigenvalue weighted by Gasteiger charge is -2.34.